The Balaban J connectivity index is 4.44. The van der Waals surface area contributed by atoms with E-state index in [1.165, 1.54) is 14.2 Å². The van der Waals surface area contributed by atoms with Crippen molar-refractivity contribution in [3.8, 4) is 0 Å². The lowest BCUT2D eigenvalue weighted by Gasteiger charge is -2.14. The predicted octanol–water partition coefficient (Wildman–Crippen LogP) is 0.994. The highest BCUT2D eigenvalue weighted by Gasteiger charge is 2.14. The molecule has 0 aromatic heterocycles. The fraction of sp³-hybridized carbons (Fsp3) is 0.625. The Kier molecular flexibility index (Phi) is 4.72. The zero-order valence-electron chi connectivity index (χ0n) is 8.29. The molecule has 0 aliphatic rings. The zero-order chi connectivity index (χ0) is 10.4. The first-order valence-electron chi connectivity index (χ1n) is 3.77. The topological polar surface area (TPSA) is 70.8 Å². The lowest BCUT2D eigenvalue weighted by atomic mass is 10.2. The van der Waals surface area contributed by atoms with Gasteiger partial charge in [-0.1, -0.05) is 0 Å². The smallest absolute Gasteiger partial charge is 0.405 e. The Morgan fingerprint density at radius 2 is 1.77 bits per heavy atom. The molecule has 1 unspecified atom stereocenters. The molecule has 13 heavy (non-hydrogen) atoms. The molecule has 0 bridgehead atoms. The highest BCUT2D eigenvalue weighted by atomic mass is 16.7. The van der Waals surface area contributed by atoms with Crippen LogP contribution in [0.25, 0.3) is 0 Å². The number of hydrogen-bond donors (Lipinski definition) is 1. The molecule has 0 spiro atoms. The van der Waals surface area contributed by atoms with E-state index in [2.05, 4.69) is 0 Å². The normalized spacial score (nSPS) is 11.4. The van der Waals surface area contributed by atoms with Gasteiger partial charge in [-0.05, 0) is 13.8 Å². The number of hydrogen-bond acceptors (Lipinski definition) is 4. The van der Waals surface area contributed by atoms with E-state index in [1.54, 1.807) is 13.8 Å². The van der Waals surface area contributed by atoms with Crippen LogP contribution < -0.4 is 5.73 Å². The molecule has 1 amide bonds. The largest absolute Gasteiger partial charge is 0.469 e. The number of primary amides is 1. The number of ether oxygens (including phenoxy) is 3. The SMILES string of the molecule is COC(OC)=C(C)C(C)OC(N)=O. The van der Waals surface area contributed by atoms with E-state index in [9.17, 15) is 4.79 Å². The van der Waals surface area contributed by atoms with Gasteiger partial charge in [0, 0.05) is 5.57 Å². The number of methoxy groups -OCH3 is 2. The van der Waals surface area contributed by atoms with Crippen molar-refractivity contribution < 1.29 is 19.0 Å². The third-order valence-corrected chi connectivity index (χ3v) is 1.60. The van der Waals surface area contributed by atoms with Crippen molar-refractivity contribution in [2.45, 2.75) is 20.0 Å². The van der Waals surface area contributed by atoms with Crippen molar-refractivity contribution in [2.24, 2.45) is 5.73 Å². The van der Waals surface area contributed by atoms with Crippen LogP contribution in [0.4, 0.5) is 4.79 Å². The van der Waals surface area contributed by atoms with E-state index in [0.29, 0.717) is 11.5 Å². The Bertz CT molecular complexity index is 206. The number of carbonyl (C=O) groups is 1. The van der Waals surface area contributed by atoms with E-state index in [-0.39, 0.29) is 0 Å². The summed E-state index contributed by atoms with van der Waals surface area (Å²) in [6, 6.07) is 0. The van der Waals surface area contributed by atoms with Gasteiger partial charge in [-0.2, -0.15) is 0 Å². The molecular formula is C8H15NO4. The van der Waals surface area contributed by atoms with Gasteiger partial charge < -0.3 is 19.9 Å². The zero-order valence-corrected chi connectivity index (χ0v) is 8.29. The summed E-state index contributed by atoms with van der Waals surface area (Å²) in [6.07, 6.45) is -1.27. The monoisotopic (exact) mass is 189 g/mol. The quantitative estimate of drug-likeness (QED) is 0.669. The molecule has 0 saturated carbocycles. The molecule has 0 fully saturated rings. The number of nitrogens with two attached hydrogens (primary N) is 1. The fourth-order valence-corrected chi connectivity index (χ4v) is 0.834. The molecule has 2 N–H and O–H groups in total. The minimum absolute atomic E-state index is 0.328. The molecule has 0 saturated heterocycles. The lowest BCUT2D eigenvalue weighted by Crippen LogP contribution is -2.22. The summed E-state index contributed by atoms with van der Waals surface area (Å²) in [7, 11) is 2.94. The maximum Gasteiger partial charge on any atom is 0.405 e. The van der Waals surface area contributed by atoms with Gasteiger partial charge in [0.15, 0.2) is 0 Å². The molecule has 0 aromatic carbocycles. The number of amides is 1. The van der Waals surface area contributed by atoms with Crippen LogP contribution in [-0.2, 0) is 14.2 Å². The first-order chi connectivity index (χ1) is 6.02. The summed E-state index contributed by atoms with van der Waals surface area (Å²) in [5.41, 5.74) is 5.52. The summed E-state index contributed by atoms with van der Waals surface area (Å²) in [4.78, 5) is 10.4. The third-order valence-electron chi connectivity index (χ3n) is 1.60. The van der Waals surface area contributed by atoms with Crippen LogP contribution in [0.2, 0.25) is 0 Å². The highest BCUT2D eigenvalue weighted by Crippen LogP contribution is 2.12. The van der Waals surface area contributed by atoms with Crippen molar-refractivity contribution in [3.63, 3.8) is 0 Å². The summed E-state index contributed by atoms with van der Waals surface area (Å²) < 4.78 is 14.5. The van der Waals surface area contributed by atoms with Gasteiger partial charge in [0.25, 0.3) is 5.95 Å². The second-order valence-corrected chi connectivity index (χ2v) is 2.46. The van der Waals surface area contributed by atoms with Gasteiger partial charge in [-0.15, -0.1) is 0 Å². The highest BCUT2D eigenvalue weighted by molar-refractivity contribution is 5.65. The van der Waals surface area contributed by atoms with Gasteiger partial charge >= 0.3 is 6.09 Å². The maximum atomic E-state index is 10.4. The summed E-state index contributed by atoms with van der Waals surface area (Å²) in [5, 5.41) is 0. The summed E-state index contributed by atoms with van der Waals surface area (Å²) in [5.74, 6) is 0.328. The molecule has 0 aliphatic heterocycles. The van der Waals surface area contributed by atoms with E-state index in [0.717, 1.165) is 0 Å². The third kappa shape index (κ3) is 3.68. The van der Waals surface area contributed by atoms with Gasteiger partial charge in [0.2, 0.25) is 0 Å². The van der Waals surface area contributed by atoms with Gasteiger partial charge in [-0.25, -0.2) is 4.79 Å². The van der Waals surface area contributed by atoms with Gasteiger partial charge in [0.05, 0.1) is 14.2 Å². The predicted molar refractivity (Wildman–Crippen MR) is 46.8 cm³/mol. The van der Waals surface area contributed by atoms with E-state index in [4.69, 9.17) is 19.9 Å². The Labute approximate surface area is 77.4 Å². The fourth-order valence-electron chi connectivity index (χ4n) is 0.834. The first-order valence-corrected chi connectivity index (χ1v) is 3.77. The van der Waals surface area contributed by atoms with Crippen molar-refractivity contribution in [1.82, 2.24) is 0 Å². The molecule has 0 aliphatic carbocycles. The Morgan fingerprint density at radius 3 is 2.08 bits per heavy atom. The minimum atomic E-state index is -0.821. The molecule has 0 heterocycles. The minimum Gasteiger partial charge on any atom is -0.469 e. The van der Waals surface area contributed by atoms with Crippen LogP contribution in [-0.4, -0.2) is 26.4 Å². The standard InChI is InChI=1S/C8H15NO4/c1-5(7(11-3)12-4)6(2)13-8(9)10/h6H,1-4H3,(H2,9,10). The average molecular weight is 189 g/mol. The van der Waals surface area contributed by atoms with Crippen molar-refractivity contribution in [1.29, 1.82) is 0 Å². The van der Waals surface area contributed by atoms with Crippen LogP contribution in [0.5, 0.6) is 0 Å². The van der Waals surface area contributed by atoms with E-state index >= 15 is 0 Å². The van der Waals surface area contributed by atoms with E-state index < -0.39 is 12.2 Å². The molecule has 1 atom stereocenters. The molecule has 0 radical (unpaired) electrons. The van der Waals surface area contributed by atoms with E-state index in [1.807, 2.05) is 0 Å². The Hall–Kier alpha value is -1.39. The summed E-state index contributed by atoms with van der Waals surface area (Å²) in [6.45, 7) is 3.41. The molecular weight excluding hydrogens is 174 g/mol. The second kappa shape index (κ2) is 5.29. The summed E-state index contributed by atoms with van der Waals surface area (Å²) >= 11 is 0. The molecule has 5 nitrogen and oxygen atoms in total. The Morgan fingerprint density at radius 1 is 1.31 bits per heavy atom. The van der Waals surface area contributed by atoms with Crippen LogP contribution in [0.3, 0.4) is 0 Å². The van der Waals surface area contributed by atoms with Gasteiger partial charge in [-0.3, -0.25) is 0 Å². The molecule has 76 valence electrons. The van der Waals surface area contributed by atoms with Crippen LogP contribution in [0, 0.1) is 0 Å². The van der Waals surface area contributed by atoms with Crippen molar-refractivity contribution in [3.05, 3.63) is 11.5 Å². The lowest BCUT2D eigenvalue weighted by molar-refractivity contribution is 0.0758. The average Bonchev–Trinajstić information content (AvgIpc) is 2.05. The van der Waals surface area contributed by atoms with Crippen LogP contribution >= 0.6 is 0 Å². The van der Waals surface area contributed by atoms with Crippen LogP contribution in [0.15, 0.2) is 11.5 Å². The molecule has 5 heteroatoms. The molecule has 0 aromatic rings. The van der Waals surface area contributed by atoms with Crippen molar-refractivity contribution in [2.75, 3.05) is 14.2 Å². The van der Waals surface area contributed by atoms with Crippen LogP contribution in [0.1, 0.15) is 13.8 Å². The second-order valence-electron chi connectivity index (χ2n) is 2.46. The maximum absolute atomic E-state index is 10.4. The number of rotatable bonds is 4. The number of carbonyl (C=O) groups excluding carboxylic acids is 1. The first kappa shape index (κ1) is 11.6. The van der Waals surface area contributed by atoms with Crippen molar-refractivity contribution >= 4 is 6.09 Å². The molecule has 0 rings (SSSR count). The van der Waals surface area contributed by atoms with Gasteiger partial charge in [0.1, 0.15) is 6.10 Å².